The minimum absolute atomic E-state index is 0.131. The van der Waals surface area contributed by atoms with Crippen LogP contribution >= 0.6 is 15.9 Å². The second-order valence-electron chi connectivity index (χ2n) is 2.88. The molecule has 0 N–H and O–H groups in total. The summed E-state index contributed by atoms with van der Waals surface area (Å²) in [6, 6.07) is 2.49. The van der Waals surface area contributed by atoms with E-state index in [-0.39, 0.29) is 11.0 Å². The van der Waals surface area contributed by atoms with Crippen LogP contribution in [0.3, 0.4) is 0 Å². The van der Waals surface area contributed by atoms with Gasteiger partial charge < -0.3 is 0 Å². The van der Waals surface area contributed by atoms with E-state index in [9.17, 15) is 13.2 Å². The number of hydrogen-bond acceptors (Lipinski definition) is 2. The molecule has 6 heteroatoms. The highest BCUT2D eigenvalue weighted by Crippen LogP contribution is 2.35. The number of rotatable bonds is 0. The summed E-state index contributed by atoms with van der Waals surface area (Å²) in [4.78, 5) is 7.51. The summed E-state index contributed by atoms with van der Waals surface area (Å²) in [5.74, 6) is 0. The van der Waals surface area contributed by atoms with Gasteiger partial charge in [0.1, 0.15) is 5.52 Å². The van der Waals surface area contributed by atoms with Crippen LogP contribution in [0.2, 0.25) is 0 Å². The predicted octanol–water partition coefficient (Wildman–Crippen LogP) is 3.41. The number of halogens is 4. The predicted molar refractivity (Wildman–Crippen MR) is 52.2 cm³/mol. The highest BCUT2D eigenvalue weighted by molar-refractivity contribution is 9.10. The molecule has 2 rings (SSSR count). The van der Waals surface area contributed by atoms with Gasteiger partial charge in [0, 0.05) is 16.9 Å². The molecular weight excluding hydrogens is 273 g/mol. The SMILES string of the molecule is FC(F)(F)c1cc(Br)cc2nccnc12. The van der Waals surface area contributed by atoms with Crippen LogP contribution in [0.15, 0.2) is 29.0 Å². The van der Waals surface area contributed by atoms with E-state index in [1.807, 2.05) is 0 Å². The Hall–Kier alpha value is -1.17. The normalized spacial score (nSPS) is 12.0. The molecule has 0 aliphatic heterocycles. The summed E-state index contributed by atoms with van der Waals surface area (Å²) in [7, 11) is 0. The van der Waals surface area contributed by atoms with Crippen molar-refractivity contribution >= 4 is 27.0 Å². The molecule has 0 unspecified atom stereocenters. The Kier molecular flexibility index (Phi) is 2.38. The lowest BCUT2D eigenvalue weighted by Crippen LogP contribution is -2.07. The van der Waals surface area contributed by atoms with Crippen molar-refractivity contribution in [3.8, 4) is 0 Å². The molecule has 0 bridgehead atoms. The third-order valence-electron chi connectivity index (χ3n) is 1.84. The Bertz CT molecular complexity index is 510. The van der Waals surface area contributed by atoms with E-state index in [4.69, 9.17) is 0 Å². The lowest BCUT2D eigenvalue weighted by Gasteiger charge is -2.09. The van der Waals surface area contributed by atoms with Crippen molar-refractivity contribution in [1.29, 1.82) is 0 Å². The molecule has 2 aromatic rings. The van der Waals surface area contributed by atoms with Gasteiger partial charge >= 0.3 is 6.18 Å². The Morgan fingerprint density at radius 2 is 1.73 bits per heavy atom. The summed E-state index contributed by atoms with van der Waals surface area (Å²) in [6.45, 7) is 0. The van der Waals surface area contributed by atoms with Crippen molar-refractivity contribution < 1.29 is 13.2 Å². The number of hydrogen-bond donors (Lipinski definition) is 0. The quantitative estimate of drug-likeness (QED) is 0.737. The van der Waals surface area contributed by atoms with Gasteiger partial charge in [0.2, 0.25) is 0 Å². The number of fused-ring (bicyclic) bond motifs is 1. The highest BCUT2D eigenvalue weighted by Gasteiger charge is 2.33. The maximum absolute atomic E-state index is 12.6. The summed E-state index contributed by atoms with van der Waals surface area (Å²) < 4.78 is 38.2. The number of aromatic nitrogens is 2. The Morgan fingerprint density at radius 3 is 2.40 bits per heavy atom. The second-order valence-corrected chi connectivity index (χ2v) is 3.79. The van der Waals surface area contributed by atoms with Gasteiger partial charge in [-0.15, -0.1) is 0 Å². The van der Waals surface area contributed by atoms with Crippen LogP contribution in [0.1, 0.15) is 5.56 Å². The van der Waals surface area contributed by atoms with Crippen LogP contribution in [-0.4, -0.2) is 9.97 Å². The summed E-state index contributed by atoms with van der Waals surface area (Å²) in [6.07, 6.45) is -1.82. The van der Waals surface area contributed by atoms with Crippen LogP contribution < -0.4 is 0 Å². The fourth-order valence-corrected chi connectivity index (χ4v) is 1.70. The molecule has 1 heterocycles. The standard InChI is InChI=1S/C9H4BrF3N2/c10-5-3-6(9(11,12)13)8-7(4-5)14-1-2-15-8/h1-4H. The van der Waals surface area contributed by atoms with Gasteiger partial charge in [0.05, 0.1) is 11.1 Å². The van der Waals surface area contributed by atoms with Crippen LogP contribution in [-0.2, 0) is 6.18 Å². The maximum atomic E-state index is 12.6. The first-order valence-corrected chi connectivity index (χ1v) is 4.75. The van der Waals surface area contributed by atoms with Crippen LogP contribution in [0.5, 0.6) is 0 Å². The summed E-state index contributed by atoms with van der Waals surface area (Å²) in [5, 5.41) is 0. The van der Waals surface area contributed by atoms with Crippen molar-refractivity contribution in [3.05, 3.63) is 34.6 Å². The van der Waals surface area contributed by atoms with Gasteiger partial charge in [-0.1, -0.05) is 15.9 Å². The fraction of sp³-hybridized carbons (Fsp3) is 0.111. The van der Waals surface area contributed by atoms with E-state index >= 15 is 0 Å². The molecule has 0 saturated heterocycles. The van der Waals surface area contributed by atoms with Crippen LogP contribution in [0, 0.1) is 0 Å². The molecule has 0 saturated carbocycles. The zero-order valence-corrected chi connectivity index (χ0v) is 8.80. The van der Waals surface area contributed by atoms with Gasteiger partial charge in [-0.25, -0.2) is 0 Å². The van der Waals surface area contributed by atoms with Gasteiger partial charge in [-0.2, -0.15) is 13.2 Å². The molecule has 1 aromatic carbocycles. The fourth-order valence-electron chi connectivity index (χ4n) is 1.26. The van der Waals surface area contributed by atoms with Crippen molar-refractivity contribution in [2.75, 3.05) is 0 Å². The lowest BCUT2D eigenvalue weighted by atomic mass is 10.1. The molecule has 2 nitrogen and oxygen atoms in total. The smallest absolute Gasteiger partial charge is 0.253 e. The van der Waals surface area contributed by atoms with Crippen molar-refractivity contribution in [2.45, 2.75) is 6.18 Å². The first-order valence-electron chi connectivity index (χ1n) is 3.96. The minimum Gasteiger partial charge on any atom is -0.253 e. The second kappa shape index (κ2) is 3.44. The number of alkyl halides is 3. The average molecular weight is 277 g/mol. The number of nitrogens with zero attached hydrogens (tertiary/aromatic N) is 2. The third-order valence-corrected chi connectivity index (χ3v) is 2.30. The molecule has 0 fully saturated rings. The molecule has 0 radical (unpaired) electrons. The topological polar surface area (TPSA) is 25.8 Å². The molecule has 78 valence electrons. The zero-order chi connectivity index (χ0) is 11.1. The van der Waals surface area contributed by atoms with Crippen molar-refractivity contribution in [2.24, 2.45) is 0 Å². The maximum Gasteiger partial charge on any atom is 0.418 e. The Labute approximate surface area is 91.3 Å². The monoisotopic (exact) mass is 276 g/mol. The van der Waals surface area contributed by atoms with Gasteiger partial charge in [-0.05, 0) is 12.1 Å². The molecule has 0 aliphatic carbocycles. The third kappa shape index (κ3) is 1.94. The molecular formula is C9H4BrF3N2. The van der Waals surface area contributed by atoms with E-state index < -0.39 is 11.7 Å². The molecule has 0 spiro atoms. The molecule has 1 aromatic heterocycles. The van der Waals surface area contributed by atoms with E-state index in [0.717, 1.165) is 6.07 Å². The average Bonchev–Trinajstić information content (AvgIpc) is 2.15. The Morgan fingerprint density at radius 1 is 1.07 bits per heavy atom. The first-order chi connectivity index (χ1) is 6.98. The zero-order valence-electron chi connectivity index (χ0n) is 7.22. The van der Waals surface area contributed by atoms with E-state index in [1.165, 1.54) is 18.5 Å². The minimum atomic E-state index is -4.42. The van der Waals surface area contributed by atoms with Crippen LogP contribution in [0.4, 0.5) is 13.2 Å². The molecule has 0 aliphatic rings. The largest absolute Gasteiger partial charge is 0.418 e. The van der Waals surface area contributed by atoms with Gasteiger partial charge in [-0.3, -0.25) is 9.97 Å². The molecule has 0 atom stereocenters. The highest BCUT2D eigenvalue weighted by atomic mass is 79.9. The summed E-state index contributed by atoms with van der Waals surface area (Å²) in [5.41, 5.74) is -0.688. The lowest BCUT2D eigenvalue weighted by molar-refractivity contribution is -0.136. The Balaban J connectivity index is 2.83. The van der Waals surface area contributed by atoms with E-state index in [1.54, 1.807) is 0 Å². The van der Waals surface area contributed by atoms with Crippen molar-refractivity contribution in [3.63, 3.8) is 0 Å². The van der Waals surface area contributed by atoms with E-state index in [0.29, 0.717) is 4.47 Å². The molecule has 15 heavy (non-hydrogen) atoms. The number of benzene rings is 1. The van der Waals surface area contributed by atoms with Gasteiger partial charge in [0.25, 0.3) is 0 Å². The van der Waals surface area contributed by atoms with Gasteiger partial charge in [0.15, 0.2) is 0 Å². The first kappa shape index (κ1) is 10.4. The van der Waals surface area contributed by atoms with Crippen LogP contribution in [0.25, 0.3) is 11.0 Å². The van der Waals surface area contributed by atoms with Crippen molar-refractivity contribution in [1.82, 2.24) is 9.97 Å². The molecule has 0 amide bonds. The van der Waals surface area contributed by atoms with E-state index in [2.05, 4.69) is 25.9 Å². The summed E-state index contributed by atoms with van der Waals surface area (Å²) >= 11 is 3.01.